The highest BCUT2D eigenvalue weighted by Crippen LogP contribution is 2.31. The molecular weight excluding hydrogens is 485 g/mol. The molecule has 1 saturated carbocycles. The minimum atomic E-state index is -3.80. The molecule has 10 heteroatoms. The molecule has 3 N–H and O–H groups in total. The summed E-state index contributed by atoms with van der Waals surface area (Å²) in [5.41, 5.74) is 2.42. The second kappa shape index (κ2) is 11.0. The van der Waals surface area contributed by atoms with Gasteiger partial charge < -0.3 is 15.3 Å². The lowest BCUT2D eigenvalue weighted by atomic mass is 9.85. The summed E-state index contributed by atoms with van der Waals surface area (Å²) in [5, 5.41) is 12.2. The van der Waals surface area contributed by atoms with Crippen molar-refractivity contribution in [2.24, 2.45) is 5.92 Å². The third-order valence-corrected chi connectivity index (χ3v) is 8.57. The molecule has 0 unspecified atom stereocenters. The predicted molar refractivity (Wildman–Crippen MR) is 134 cm³/mol. The van der Waals surface area contributed by atoms with Crippen molar-refractivity contribution in [3.63, 3.8) is 0 Å². The molecule has 36 heavy (non-hydrogen) atoms. The van der Waals surface area contributed by atoms with Gasteiger partial charge in [0.2, 0.25) is 15.9 Å². The highest BCUT2D eigenvalue weighted by atomic mass is 32.2. The van der Waals surface area contributed by atoms with E-state index >= 15 is 0 Å². The van der Waals surface area contributed by atoms with Gasteiger partial charge in [-0.1, -0.05) is 18.2 Å². The van der Waals surface area contributed by atoms with Gasteiger partial charge in [0.05, 0.1) is 10.9 Å². The number of aliphatic carboxylic acids is 1. The molecule has 0 aromatic heterocycles. The van der Waals surface area contributed by atoms with Crippen LogP contribution in [0.5, 0.6) is 0 Å². The second-order valence-electron chi connectivity index (χ2n) is 9.66. The van der Waals surface area contributed by atoms with E-state index in [-0.39, 0.29) is 41.2 Å². The lowest BCUT2D eigenvalue weighted by Crippen LogP contribution is -2.41. The number of hydrogen-bond acceptors (Lipinski definition) is 5. The van der Waals surface area contributed by atoms with Crippen LogP contribution < -0.4 is 14.9 Å². The molecule has 0 spiro atoms. The van der Waals surface area contributed by atoms with Crippen molar-refractivity contribution in [3.05, 3.63) is 59.4 Å². The van der Waals surface area contributed by atoms with E-state index in [0.717, 1.165) is 24.0 Å². The first-order chi connectivity index (χ1) is 17.1. The van der Waals surface area contributed by atoms with Gasteiger partial charge in [0, 0.05) is 24.2 Å². The molecule has 0 radical (unpaired) electrons. The van der Waals surface area contributed by atoms with Gasteiger partial charge in [0.15, 0.2) is 0 Å². The predicted octanol–water partition coefficient (Wildman–Crippen LogP) is 3.38. The third-order valence-electron chi connectivity index (χ3n) is 7.06. The number of halogens is 1. The summed E-state index contributed by atoms with van der Waals surface area (Å²) in [4.78, 5) is 25.8. The van der Waals surface area contributed by atoms with Crippen LogP contribution >= 0.6 is 0 Å². The number of nitrogens with zero attached hydrogens (tertiary/aromatic N) is 1. The second-order valence-corrected chi connectivity index (χ2v) is 11.4. The molecule has 1 aliphatic carbocycles. The number of rotatable bonds is 8. The molecule has 1 aliphatic heterocycles. The summed E-state index contributed by atoms with van der Waals surface area (Å²) in [6.45, 7) is 2.25. The number of sulfonamides is 1. The van der Waals surface area contributed by atoms with E-state index in [9.17, 15) is 27.5 Å². The Morgan fingerprint density at radius 3 is 2.47 bits per heavy atom. The van der Waals surface area contributed by atoms with Crippen LogP contribution in [0.15, 0.2) is 47.4 Å². The molecule has 1 atom stereocenters. The highest BCUT2D eigenvalue weighted by Gasteiger charge is 2.30. The van der Waals surface area contributed by atoms with E-state index in [1.165, 1.54) is 12.1 Å². The number of aryl methyl sites for hydroxylation is 1. The highest BCUT2D eigenvalue weighted by molar-refractivity contribution is 7.89. The Morgan fingerprint density at radius 1 is 1.11 bits per heavy atom. The Bertz CT molecular complexity index is 1210. The largest absolute Gasteiger partial charge is 0.480 e. The van der Waals surface area contributed by atoms with E-state index in [1.807, 2.05) is 6.92 Å². The van der Waals surface area contributed by atoms with Crippen LogP contribution in [0.2, 0.25) is 0 Å². The van der Waals surface area contributed by atoms with Gasteiger partial charge in [-0.15, -0.1) is 0 Å². The maximum atomic E-state index is 13.1. The summed E-state index contributed by atoms with van der Waals surface area (Å²) < 4.78 is 42.1. The smallest absolute Gasteiger partial charge is 0.323 e. The van der Waals surface area contributed by atoms with Crippen LogP contribution in [0.3, 0.4) is 0 Å². The monoisotopic (exact) mass is 517 g/mol. The lowest BCUT2D eigenvalue weighted by molar-refractivity contribution is -0.135. The van der Waals surface area contributed by atoms with Gasteiger partial charge in [-0.3, -0.25) is 9.59 Å². The number of amides is 1. The number of anilines is 1. The molecule has 8 nitrogen and oxygen atoms in total. The van der Waals surface area contributed by atoms with Gasteiger partial charge in [-0.2, -0.15) is 0 Å². The van der Waals surface area contributed by atoms with Crippen LogP contribution in [-0.2, 0) is 26.0 Å². The zero-order valence-corrected chi connectivity index (χ0v) is 21.1. The first kappa shape index (κ1) is 26.1. The van der Waals surface area contributed by atoms with Crippen molar-refractivity contribution in [2.45, 2.75) is 62.4 Å². The van der Waals surface area contributed by atoms with Crippen molar-refractivity contribution >= 4 is 27.6 Å². The first-order valence-corrected chi connectivity index (χ1v) is 13.8. The molecule has 2 aromatic rings. The van der Waals surface area contributed by atoms with Gasteiger partial charge >= 0.3 is 5.97 Å². The van der Waals surface area contributed by atoms with Crippen molar-refractivity contribution in [2.75, 3.05) is 18.0 Å². The fraction of sp³-hybridized carbons (Fsp3) is 0.462. The third kappa shape index (κ3) is 6.22. The Morgan fingerprint density at radius 2 is 1.81 bits per heavy atom. The van der Waals surface area contributed by atoms with Crippen LogP contribution in [-0.4, -0.2) is 44.5 Å². The van der Waals surface area contributed by atoms with Crippen molar-refractivity contribution < 1.29 is 27.5 Å². The van der Waals surface area contributed by atoms with Crippen molar-refractivity contribution in [1.29, 1.82) is 0 Å². The summed E-state index contributed by atoms with van der Waals surface area (Å²) in [7, 11) is -3.80. The summed E-state index contributed by atoms with van der Waals surface area (Å²) in [5.74, 6) is -1.57. The fourth-order valence-corrected chi connectivity index (χ4v) is 6.38. The normalized spacial score (nSPS) is 20.9. The molecule has 4 rings (SSSR count). The van der Waals surface area contributed by atoms with E-state index in [0.29, 0.717) is 37.9 Å². The molecule has 1 amide bonds. The average molecular weight is 518 g/mol. The zero-order chi connectivity index (χ0) is 25.9. The van der Waals surface area contributed by atoms with Crippen LogP contribution in [0.25, 0.3) is 0 Å². The van der Waals surface area contributed by atoms with E-state index in [2.05, 4.69) is 10.0 Å². The summed E-state index contributed by atoms with van der Waals surface area (Å²) >= 11 is 0. The van der Waals surface area contributed by atoms with Gasteiger partial charge in [0.1, 0.15) is 12.4 Å². The number of benzene rings is 2. The molecule has 0 saturated heterocycles. The minimum absolute atomic E-state index is 0.0821. The van der Waals surface area contributed by atoms with Crippen LogP contribution in [0, 0.1) is 11.7 Å². The molecule has 0 bridgehead atoms. The van der Waals surface area contributed by atoms with E-state index < -0.39 is 16.0 Å². The van der Waals surface area contributed by atoms with Gasteiger partial charge in [0.25, 0.3) is 0 Å². The first-order valence-electron chi connectivity index (χ1n) is 12.3. The molecule has 1 heterocycles. The Hall–Kier alpha value is -2.98. The quantitative estimate of drug-likeness (QED) is 0.495. The number of fused-ring (bicyclic) bond motifs is 1. The molecule has 194 valence electrons. The maximum absolute atomic E-state index is 13.1. The molecule has 2 aliphatic rings. The number of carbonyl (C=O) groups is 2. The van der Waals surface area contributed by atoms with E-state index in [1.54, 1.807) is 35.2 Å². The number of carbonyl (C=O) groups excluding carboxylic acids is 1. The van der Waals surface area contributed by atoms with E-state index in [4.69, 9.17) is 0 Å². The minimum Gasteiger partial charge on any atom is -0.480 e. The van der Waals surface area contributed by atoms with Crippen molar-refractivity contribution in [1.82, 2.24) is 10.0 Å². The molecule has 1 fully saturated rings. The molecular formula is C26H32FN3O5S. The van der Waals surface area contributed by atoms with Gasteiger partial charge in [-0.25, -0.2) is 17.5 Å². The number of carboxylic acid groups (broad SMARTS) is 1. The van der Waals surface area contributed by atoms with Crippen molar-refractivity contribution in [3.8, 4) is 0 Å². The number of hydrogen-bond donors (Lipinski definition) is 3. The average Bonchev–Trinajstić information content (AvgIpc) is 2.84. The lowest BCUT2D eigenvalue weighted by Gasteiger charge is -2.31. The summed E-state index contributed by atoms with van der Waals surface area (Å²) in [6, 6.07) is 10.4. The maximum Gasteiger partial charge on any atom is 0.323 e. The summed E-state index contributed by atoms with van der Waals surface area (Å²) in [6.07, 6.45) is 3.81. The number of nitrogens with one attached hydrogen (secondary N) is 2. The van der Waals surface area contributed by atoms with Gasteiger partial charge in [-0.05, 0) is 80.8 Å². The Kier molecular flexibility index (Phi) is 7.94. The Labute approximate surface area is 210 Å². The zero-order valence-electron chi connectivity index (χ0n) is 20.2. The van der Waals surface area contributed by atoms with Crippen LogP contribution in [0.1, 0.15) is 56.2 Å². The van der Waals surface area contributed by atoms with Crippen LogP contribution in [0.4, 0.5) is 10.1 Å². The molecule has 2 aromatic carbocycles. The SMILES string of the molecule is C[C@@H](NC(=O)[C@H]1CC[C@H](NS(=O)(=O)c2ccc3c(c2)N(CC(=O)O)CCC3)CC1)c1ccc(F)cc1. The number of carboxylic acids is 1. The standard InChI is InChI=1S/C26H32FN3O5S/c1-17(18-4-9-21(27)10-5-18)28-26(33)20-6-11-22(12-7-20)29-36(34,35)23-13-8-19-3-2-14-30(16-25(31)32)24(19)15-23/h4-5,8-10,13,15,17,20,22,29H,2-3,6-7,11-12,14,16H2,1H3,(H,28,33)(H,31,32)/t17-,20-,22-/m1/s1. The topological polar surface area (TPSA) is 116 Å². The fourth-order valence-electron chi connectivity index (χ4n) is 5.05. The Balaban J connectivity index is 1.34.